The Morgan fingerprint density at radius 3 is 2.43 bits per heavy atom. The molecule has 0 bridgehead atoms. The first kappa shape index (κ1) is 22.2. The average molecular weight is 480 g/mol. The molecule has 10 heteroatoms. The lowest BCUT2D eigenvalue weighted by Crippen LogP contribution is -2.33. The van der Waals surface area contributed by atoms with Crippen LogP contribution >= 0.6 is 15.9 Å². The number of ether oxygens (including phenoxy) is 1. The van der Waals surface area contributed by atoms with E-state index >= 15 is 0 Å². The van der Waals surface area contributed by atoms with Crippen molar-refractivity contribution in [2.75, 3.05) is 18.9 Å². The minimum absolute atomic E-state index is 0.00642. The zero-order valence-corrected chi connectivity index (χ0v) is 16.9. The minimum atomic E-state index is -4.48. The summed E-state index contributed by atoms with van der Waals surface area (Å²) in [5.74, 6) is -1.65. The molecule has 0 aliphatic rings. The summed E-state index contributed by atoms with van der Waals surface area (Å²) in [7, 11) is -3.65. The summed E-state index contributed by atoms with van der Waals surface area (Å²) in [4.78, 5) is 11.8. The predicted octanol–water partition coefficient (Wildman–Crippen LogP) is 3.58. The zero-order chi connectivity index (χ0) is 20.8. The van der Waals surface area contributed by atoms with E-state index in [-0.39, 0.29) is 24.7 Å². The van der Waals surface area contributed by atoms with Gasteiger partial charge in [-0.3, -0.25) is 4.79 Å². The molecule has 1 amide bonds. The number of benzene rings is 2. The van der Waals surface area contributed by atoms with Crippen molar-refractivity contribution in [3.63, 3.8) is 0 Å². The molecule has 0 aliphatic carbocycles. The molecule has 0 aromatic heterocycles. The van der Waals surface area contributed by atoms with Crippen LogP contribution in [0.1, 0.15) is 11.1 Å². The van der Waals surface area contributed by atoms with E-state index in [4.69, 9.17) is 4.74 Å². The summed E-state index contributed by atoms with van der Waals surface area (Å²) < 4.78 is 68.0. The van der Waals surface area contributed by atoms with Crippen molar-refractivity contribution >= 4 is 31.7 Å². The van der Waals surface area contributed by atoms with Gasteiger partial charge >= 0.3 is 6.18 Å². The molecule has 0 unspecified atom stereocenters. The third-order valence-corrected chi connectivity index (χ3v) is 5.51. The zero-order valence-electron chi connectivity index (χ0n) is 14.5. The van der Waals surface area contributed by atoms with Crippen LogP contribution in [0.2, 0.25) is 0 Å². The highest BCUT2D eigenvalue weighted by molar-refractivity contribution is 9.10. The first-order valence-corrected chi connectivity index (χ1v) is 10.7. The topological polar surface area (TPSA) is 72.5 Å². The number of sulfone groups is 1. The van der Waals surface area contributed by atoms with E-state index in [2.05, 4.69) is 21.2 Å². The maximum atomic E-state index is 12.6. The fourth-order valence-corrected chi connectivity index (χ4v) is 3.83. The van der Waals surface area contributed by atoms with E-state index in [0.717, 1.165) is 16.6 Å². The Morgan fingerprint density at radius 2 is 1.79 bits per heavy atom. The van der Waals surface area contributed by atoms with E-state index in [0.29, 0.717) is 5.56 Å². The van der Waals surface area contributed by atoms with Crippen LogP contribution in [0, 0.1) is 0 Å². The van der Waals surface area contributed by atoms with Gasteiger partial charge in [0.15, 0.2) is 9.84 Å². The van der Waals surface area contributed by atoms with Crippen molar-refractivity contribution in [2.24, 2.45) is 0 Å². The lowest BCUT2D eigenvalue weighted by molar-refractivity contribution is -0.137. The summed E-state index contributed by atoms with van der Waals surface area (Å²) in [6.45, 7) is -0.136. The third-order valence-electron chi connectivity index (χ3n) is 3.51. The summed E-state index contributed by atoms with van der Waals surface area (Å²) in [6, 6.07) is 11.0. The van der Waals surface area contributed by atoms with Crippen LogP contribution in [0.3, 0.4) is 0 Å². The summed E-state index contributed by atoms with van der Waals surface area (Å²) in [5.41, 5.74) is -0.281. The van der Waals surface area contributed by atoms with Crippen molar-refractivity contribution in [3.05, 3.63) is 64.1 Å². The fourth-order valence-electron chi connectivity index (χ4n) is 2.26. The second-order valence-electron chi connectivity index (χ2n) is 5.88. The van der Waals surface area contributed by atoms with Crippen LogP contribution in [-0.4, -0.2) is 33.2 Å². The van der Waals surface area contributed by atoms with Gasteiger partial charge in [0.05, 0.1) is 17.9 Å². The number of halogens is 4. The molecule has 0 radical (unpaired) electrons. The molecule has 0 saturated heterocycles. The molecule has 0 atom stereocenters. The van der Waals surface area contributed by atoms with Crippen molar-refractivity contribution in [1.29, 1.82) is 0 Å². The van der Waals surface area contributed by atoms with Gasteiger partial charge in [-0.2, -0.15) is 13.2 Å². The molecular formula is C18H17BrF3NO4S. The number of amides is 1. The van der Waals surface area contributed by atoms with Crippen molar-refractivity contribution in [3.8, 4) is 5.75 Å². The first-order valence-electron chi connectivity index (χ1n) is 8.07. The molecule has 0 spiro atoms. The third kappa shape index (κ3) is 7.51. The lowest BCUT2D eigenvalue weighted by Gasteiger charge is -2.11. The van der Waals surface area contributed by atoms with Crippen LogP contribution in [-0.2, 0) is 26.6 Å². The molecule has 152 valence electrons. The number of carbonyl (C=O) groups is 1. The molecule has 5 nitrogen and oxygen atoms in total. The molecule has 28 heavy (non-hydrogen) atoms. The molecule has 0 aliphatic heterocycles. The average Bonchev–Trinajstić information content (AvgIpc) is 2.60. The number of alkyl halides is 3. The minimum Gasteiger partial charge on any atom is -0.492 e. The Labute approximate surface area is 168 Å². The van der Waals surface area contributed by atoms with Gasteiger partial charge in [0.2, 0.25) is 5.91 Å². The monoisotopic (exact) mass is 479 g/mol. The number of rotatable bonds is 8. The fraction of sp³-hybridized carbons (Fsp3) is 0.278. The van der Waals surface area contributed by atoms with E-state index in [1.165, 1.54) is 12.1 Å². The van der Waals surface area contributed by atoms with Gasteiger partial charge < -0.3 is 10.1 Å². The largest absolute Gasteiger partial charge is 0.492 e. The first-order chi connectivity index (χ1) is 13.0. The highest BCUT2D eigenvalue weighted by atomic mass is 79.9. The standard InChI is InChI=1S/C18H17BrF3NO4S/c19-15-6-4-13(5-7-15)11-28(25,26)12-17(24)23-8-9-27-16-3-1-2-14(10-16)18(20,21)22/h1-7,10H,8-9,11-12H2,(H,23,24). The number of nitrogens with one attached hydrogen (secondary N) is 1. The van der Waals surface area contributed by atoms with E-state index in [1.54, 1.807) is 24.3 Å². The van der Waals surface area contributed by atoms with Crippen LogP contribution in [0.15, 0.2) is 53.0 Å². The lowest BCUT2D eigenvalue weighted by atomic mass is 10.2. The number of hydrogen-bond donors (Lipinski definition) is 1. The highest BCUT2D eigenvalue weighted by Gasteiger charge is 2.30. The van der Waals surface area contributed by atoms with Gasteiger partial charge in [0, 0.05) is 4.47 Å². The maximum Gasteiger partial charge on any atom is 0.416 e. The molecule has 1 N–H and O–H groups in total. The predicted molar refractivity (Wildman–Crippen MR) is 102 cm³/mol. The smallest absolute Gasteiger partial charge is 0.416 e. The van der Waals surface area contributed by atoms with Gasteiger partial charge in [-0.1, -0.05) is 34.1 Å². The molecule has 0 fully saturated rings. The SMILES string of the molecule is O=C(CS(=O)(=O)Cc1ccc(Br)cc1)NCCOc1cccc(C(F)(F)F)c1. The molecule has 2 aromatic rings. The molecule has 2 aromatic carbocycles. The number of hydrogen-bond acceptors (Lipinski definition) is 4. The van der Waals surface area contributed by atoms with Gasteiger partial charge in [-0.15, -0.1) is 0 Å². The van der Waals surface area contributed by atoms with Gasteiger partial charge in [0.25, 0.3) is 0 Å². The molecule has 0 heterocycles. The highest BCUT2D eigenvalue weighted by Crippen LogP contribution is 2.31. The Balaban J connectivity index is 1.77. The van der Waals surface area contributed by atoms with E-state index in [9.17, 15) is 26.4 Å². The molecule has 0 saturated carbocycles. The van der Waals surface area contributed by atoms with Crippen molar-refractivity contribution in [2.45, 2.75) is 11.9 Å². The summed E-state index contributed by atoms with van der Waals surface area (Å²) in [5, 5.41) is 2.38. The van der Waals surface area contributed by atoms with Crippen molar-refractivity contribution in [1.82, 2.24) is 5.32 Å². The second-order valence-corrected chi connectivity index (χ2v) is 8.86. The Morgan fingerprint density at radius 1 is 1.11 bits per heavy atom. The van der Waals surface area contributed by atoms with Crippen LogP contribution in [0.5, 0.6) is 5.75 Å². The van der Waals surface area contributed by atoms with Crippen LogP contribution < -0.4 is 10.1 Å². The summed E-state index contributed by atoms with van der Waals surface area (Å²) in [6.07, 6.45) is -4.48. The van der Waals surface area contributed by atoms with Crippen LogP contribution in [0.4, 0.5) is 13.2 Å². The Hall–Kier alpha value is -2.07. The number of carbonyl (C=O) groups excluding carboxylic acids is 1. The normalized spacial score (nSPS) is 11.9. The molecule has 2 rings (SSSR count). The van der Waals surface area contributed by atoms with Gasteiger partial charge in [-0.25, -0.2) is 8.42 Å². The Bertz CT molecular complexity index is 915. The van der Waals surface area contributed by atoms with Gasteiger partial charge in [-0.05, 0) is 35.9 Å². The Kier molecular flexibility index (Phi) is 7.48. The molecular weight excluding hydrogens is 463 g/mol. The summed E-state index contributed by atoms with van der Waals surface area (Å²) >= 11 is 3.25. The van der Waals surface area contributed by atoms with Crippen molar-refractivity contribution < 1.29 is 31.1 Å². The van der Waals surface area contributed by atoms with E-state index < -0.39 is 33.2 Å². The van der Waals surface area contributed by atoms with Gasteiger partial charge in [0.1, 0.15) is 18.1 Å². The van der Waals surface area contributed by atoms with E-state index in [1.807, 2.05) is 0 Å². The maximum absolute atomic E-state index is 12.6. The quantitative estimate of drug-likeness (QED) is 0.587. The second kappa shape index (κ2) is 9.42. The van der Waals surface area contributed by atoms with Crippen LogP contribution in [0.25, 0.3) is 0 Å².